The number of para-hydroxylation sites is 2. The van der Waals surface area contributed by atoms with Gasteiger partial charge in [-0.2, -0.15) is 0 Å². The third-order valence-corrected chi connectivity index (χ3v) is 4.25. The summed E-state index contributed by atoms with van der Waals surface area (Å²) < 4.78 is 5.64. The summed E-state index contributed by atoms with van der Waals surface area (Å²) in [5.74, 6) is 2.41. The van der Waals surface area contributed by atoms with Crippen LogP contribution in [0, 0.1) is 0 Å². The number of hydrogen-bond donors (Lipinski definition) is 2. The number of nitrogens with one attached hydrogen (secondary N) is 2. The molecule has 0 radical (unpaired) electrons. The standard InChI is InChI=1S/C20H26N4O/c1-2-25-18-11-7-6-10-17(18)24-20-14-19(22-15-23-20)21-13-12-16-8-4-3-5-9-16/h6-8,10-11,14-15H,2-5,9,12-13H2,1H3,(H2,21,22,23,24). The quantitative estimate of drug-likeness (QED) is 0.669. The average Bonchev–Trinajstić information content (AvgIpc) is 2.65. The molecule has 0 saturated heterocycles. The van der Waals surface area contributed by atoms with Crippen LogP contribution >= 0.6 is 0 Å². The second kappa shape index (κ2) is 9.06. The molecule has 1 aliphatic rings. The van der Waals surface area contributed by atoms with Gasteiger partial charge in [-0.05, 0) is 51.2 Å². The highest BCUT2D eigenvalue weighted by Crippen LogP contribution is 2.27. The summed E-state index contributed by atoms with van der Waals surface area (Å²) in [6.45, 7) is 3.51. The van der Waals surface area contributed by atoms with Crippen molar-refractivity contribution in [2.24, 2.45) is 0 Å². The van der Waals surface area contributed by atoms with Crippen molar-refractivity contribution in [3.63, 3.8) is 0 Å². The summed E-state index contributed by atoms with van der Waals surface area (Å²) in [6.07, 6.45) is 10.2. The molecule has 0 fully saturated rings. The molecule has 2 N–H and O–H groups in total. The van der Waals surface area contributed by atoms with Crippen LogP contribution in [0.5, 0.6) is 5.75 Å². The number of hydrogen-bond acceptors (Lipinski definition) is 5. The molecule has 0 atom stereocenters. The zero-order chi connectivity index (χ0) is 17.3. The smallest absolute Gasteiger partial charge is 0.142 e. The van der Waals surface area contributed by atoms with Crippen molar-refractivity contribution in [1.82, 2.24) is 9.97 Å². The minimum Gasteiger partial charge on any atom is -0.492 e. The van der Waals surface area contributed by atoms with Crippen LogP contribution in [0.3, 0.4) is 0 Å². The lowest BCUT2D eigenvalue weighted by Crippen LogP contribution is -2.07. The Morgan fingerprint density at radius 3 is 2.84 bits per heavy atom. The van der Waals surface area contributed by atoms with Crippen LogP contribution in [0.1, 0.15) is 39.0 Å². The van der Waals surface area contributed by atoms with E-state index in [2.05, 4.69) is 26.7 Å². The molecule has 0 unspecified atom stereocenters. The second-order valence-electron chi connectivity index (χ2n) is 6.13. The number of allylic oxidation sites excluding steroid dienone is 1. The van der Waals surface area contributed by atoms with E-state index in [-0.39, 0.29) is 0 Å². The minimum atomic E-state index is 0.630. The fraction of sp³-hybridized carbons (Fsp3) is 0.400. The molecule has 5 heteroatoms. The predicted molar refractivity (Wildman–Crippen MR) is 103 cm³/mol. The monoisotopic (exact) mass is 338 g/mol. The Morgan fingerprint density at radius 1 is 1.12 bits per heavy atom. The zero-order valence-electron chi connectivity index (χ0n) is 14.8. The van der Waals surface area contributed by atoms with Gasteiger partial charge in [0.2, 0.25) is 0 Å². The maximum atomic E-state index is 5.64. The van der Waals surface area contributed by atoms with Gasteiger partial charge in [-0.15, -0.1) is 0 Å². The van der Waals surface area contributed by atoms with Gasteiger partial charge in [0.05, 0.1) is 12.3 Å². The first-order valence-corrected chi connectivity index (χ1v) is 9.08. The van der Waals surface area contributed by atoms with Crippen molar-refractivity contribution in [3.05, 3.63) is 48.3 Å². The predicted octanol–water partition coefficient (Wildman–Crippen LogP) is 4.92. The third kappa shape index (κ3) is 5.21. The summed E-state index contributed by atoms with van der Waals surface area (Å²) >= 11 is 0. The van der Waals surface area contributed by atoms with Gasteiger partial charge >= 0.3 is 0 Å². The molecule has 0 amide bonds. The van der Waals surface area contributed by atoms with Crippen LogP contribution in [0.2, 0.25) is 0 Å². The maximum Gasteiger partial charge on any atom is 0.142 e. The first-order chi connectivity index (χ1) is 12.3. The van der Waals surface area contributed by atoms with Gasteiger partial charge in [-0.1, -0.05) is 23.8 Å². The molecule has 0 bridgehead atoms. The molecule has 3 rings (SSSR count). The lowest BCUT2D eigenvalue weighted by atomic mass is 9.97. The number of aromatic nitrogens is 2. The Balaban J connectivity index is 1.59. The van der Waals surface area contributed by atoms with Crippen molar-refractivity contribution < 1.29 is 4.74 Å². The second-order valence-corrected chi connectivity index (χ2v) is 6.13. The van der Waals surface area contributed by atoms with E-state index in [4.69, 9.17) is 4.74 Å². The number of nitrogens with zero attached hydrogens (tertiary/aromatic N) is 2. The van der Waals surface area contributed by atoms with Crippen LogP contribution in [-0.2, 0) is 0 Å². The summed E-state index contributed by atoms with van der Waals surface area (Å²) in [4.78, 5) is 8.61. The van der Waals surface area contributed by atoms with E-state index in [0.29, 0.717) is 6.61 Å². The fourth-order valence-electron chi connectivity index (χ4n) is 2.99. The molecule has 25 heavy (non-hydrogen) atoms. The van der Waals surface area contributed by atoms with E-state index in [9.17, 15) is 0 Å². The van der Waals surface area contributed by atoms with Gasteiger partial charge in [-0.25, -0.2) is 9.97 Å². The van der Waals surface area contributed by atoms with Crippen molar-refractivity contribution in [2.45, 2.75) is 39.0 Å². The van der Waals surface area contributed by atoms with E-state index in [1.165, 1.54) is 25.7 Å². The normalized spacial score (nSPS) is 13.9. The summed E-state index contributed by atoms with van der Waals surface area (Å²) in [7, 11) is 0. The molecule has 1 aliphatic carbocycles. The Labute approximate surface area is 149 Å². The van der Waals surface area contributed by atoms with Gasteiger partial charge in [-0.3, -0.25) is 0 Å². The van der Waals surface area contributed by atoms with Crippen molar-refractivity contribution >= 4 is 17.3 Å². The van der Waals surface area contributed by atoms with E-state index in [1.807, 2.05) is 37.3 Å². The van der Waals surface area contributed by atoms with Gasteiger partial charge in [0, 0.05) is 12.6 Å². The average molecular weight is 338 g/mol. The number of anilines is 3. The number of ether oxygens (including phenoxy) is 1. The Kier molecular flexibility index (Phi) is 6.26. The van der Waals surface area contributed by atoms with E-state index in [1.54, 1.807) is 11.9 Å². The molecule has 1 aromatic carbocycles. The van der Waals surface area contributed by atoms with Crippen LogP contribution in [0.15, 0.2) is 48.3 Å². The van der Waals surface area contributed by atoms with Crippen LogP contribution < -0.4 is 15.4 Å². The van der Waals surface area contributed by atoms with Gasteiger partial charge < -0.3 is 15.4 Å². The first-order valence-electron chi connectivity index (χ1n) is 9.08. The molecule has 2 aromatic rings. The first kappa shape index (κ1) is 17.3. The van der Waals surface area contributed by atoms with Gasteiger partial charge in [0.1, 0.15) is 23.7 Å². The molecule has 1 aromatic heterocycles. The highest BCUT2D eigenvalue weighted by atomic mass is 16.5. The third-order valence-electron chi connectivity index (χ3n) is 4.25. The lowest BCUT2D eigenvalue weighted by molar-refractivity contribution is 0.342. The maximum absolute atomic E-state index is 5.64. The number of benzene rings is 1. The van der Waals surface area contributed by atoms with Gasteiger partial charge in [0.15, 0.2) is 0 Å². The lowest BCUT2D eigenvalue weighted by Gasteiger charge is -2.14. The van der Waals surface area contributed by atoms with Crippen LogP contribution in [0.4, 0.5) is 17.3 Å². The highest BCUT2D eigenvalue weighted by molar-refractivity contribution is 5.65. The van der Waals surface area contributed by atoms with Crippen molar-refractivity contribution in [3.8, 4) is 5.75 Å². The summed E-state index contributed by atoms with van der Waals surface area (Å²) in [5.41, 5.74) is 2.47. The van der Waals surface area contributed by atoms with E-state index >= 15 is 0 Å². The topological polar surface area (TPSA) is 59.1 Å². The summed E-state index contributed by atoms with van der Waals surface area (Å²) in [6, 6.07) is 9.80. The zero-order valence-corrected chi connectivity index (χ0v) is 14.8. The highest BCUT2D eigenvalue weighted by Gasteiger charge is 2.06. The van der Waals surface area contributed by atoms with Crippen molar-refractivity contribution in [1.29, 1.82) is 0 Å². The van der Waals surface area contributed by atoms with Crippen LogP contribution in [0.25, 0.3) is 0 Å². The number of rotatable bonds is 8. The largest absolute Gasteiger partial charge is 0.492 e. The van der Waals surface area contributed by atoms with E-state index < -0.39 is 0 Å². The molecule has 132 valence electrons. The fourth-order valence-corrected chi connectivity index (χ4v) is 2.99. The van der Waals surface area contributed by atoms with Crippen molar-refractivity contribution in [2.75, 3.05) is 23.8 Å². The van der Waals surface area contributed by atoms with E-state index in [0.717, 1.165) is 36.0 Å². The molecule has 0 spiro atoms. The molecule has 1 heterocycles. The minimum absolute atomic E-state index is 0.630. The Morgan fingerprint density at radius 2 is 2.00 bits per heavy atom. The summed E-state index contributed by atoms with van der Waals surface area (Å²) in [5, 5.41) is 6.70. The molecule has 0 aliphatic heterocycles. The Bertz CT molecular complexity index is 714. The van der Waals surface area contributed by atoms with Gasteiger partial charge in [0.25, 0.3) is 0 Å². The molecular weight excluding hydrogens is 312 g/mol. The molecule has 0 saturated carbocycles. The molecular formula is C20H26N4O. The van der Waals surface area contributed by atoms with Crippen LogP contribution in [-0.4, -0.2) is 23.1 Å². The Hall–Kier alpha value is -2.56. The molecule has 5 nitrogen and oxygen atoms in total. The SMILES string of the molecule is CCOc1ccccc1Nc1cc(NCCC2=CCCCC2)ncn1.